The highest BCUT2D eigenvalue weighted by atomic mass is 32.2. The molecule has 48 heavy (non-hydrogen) atoms. The number of methoxy groups -OCH3 is 1. The second-order valence-corrected chi connectivity index (χ2v) is 14.0. The Kier molecular flexibility index (Phi) is 6.92. The number of thioether (sulfide) groups is 1. The van der Waals surface area contributed by atoms with Crippen molar-refractivity contribution in [3.63, 3.8) is 0 Å². The van der Waals surface area contributed by atoms with E-state index in [-0.39, 0.29) is 23.4 Å². The molecule has 5 aromatic rings. The molecule has 2 saturated heterocycles. The quantitative estimate of drug-likeness (QED) is 0.188. The second-order valence-electron chi connectivity index (χ2n) is 12.9. The van der Waals surface area contributed by atoms with Gasteiger partial charge in [-0.2, -0.15) is 0 Å². The highest BCUT2D eigenvalue weighted by Gasteiger charge is 2.67. The number of ether oxygens (including phenoxy) is 1. The minimum absolute atomic E-state index is 0.0391. The molecule has 2 amide bonds. The summed E-state index contributed by atoms with van der Waals surface area (Å²) in [6, 6.07) is 36.9. The Bertz CT molecular complexity index is 2120. The minimum atomic E-state index is -0.697. The molecule has 5 heterocycles. The topological polar surface area (TPSA) is 71.8 Å². The predicted molar refractivity (Wildman–Crippen MR) is 186 cm³/mol. The zero-order valence-electron chi connectivity index (χ0n) is 26.4. The van der Waals surface area contributed by atoms with Crippen molar-refractivity contribution in [2.45, 2.75) is 36.1 Å². The van der Waals surface area contributed by atoms with Crippen LogP contribution in [0.25, 0.3) is 11.1 Å². The SMILES string of the molecule is COc1ccc(CN2[C@@H]3c4c(c(-c5ccccc5)c5n(c4=O)CCS5)[C@@H]([C@H]4C(=O)N(c5ccccc5)C(=O)[C@H]43)[C@@H]2c2ccccc2)cc1. The van der Waals surface area contributed by atoms with E-state index in [1.165, 1.54) is 4.90 Å². The average Bonchev–Trinajstić information content (AvgIpc) is 3.73. The summed E-state index contributed by atoms with van der Waals surface area (Å²) >= 11 is 1.71. The summed E-state index contributed by atoms with van der Waals surface area (Å²) in [5.74, 6) is -0.606. The fourth-order valence-corrected chi connectivity index (χ4v) is 9.92. The number of benzene rings is 4. The second kappa shape index (κ2) is 11.4. The van der Waals surface area contributed by atoms with Gasteiger partial charge in [0.1, 0.15) is 5.75 Å². The van der Waals surface area contributed by atoms with E-state index < -0.39 is 23.8 Å². The maximum absolute atomic E-state index is 14.8. The number of fused-ring (bicyclic) bond motifs is 2. The molecule has 0 spiro atoms. The lowest BCUT2D eigenvalue weighted by atomic mass is 9.58. The summed E-state index contributed by atoms with van der Waals surface area (Å²) in [4.78, 5) is 48.1. The summed E-state index contributed by atoms with van der Waals surface area (Å²) in [5, 5.41) is 0.958. The largest absolute Gasteiger partial charge is 0.497 e. The third-order valence-electron chi connectivity index (χ3n) is 10.6. The normalized spacial score (nSPS) is 24.0. The number of hydrogen-bond donors (Lipinski definition) is 0. The van der Waals surface area contributed by atoms with Crippen LogP contribution in [-0.2, 0) is 22.7 Å². The smallest absolute Gasteiger partial charge is 0.256 e. The lowest BCUT2D eigenvalue weighted by molar-refractivity contribution is -0.132. The zero-order chi connectivity index (χ0) is 32.5. The molecular weight excluding hydrogens is 619 g/mol. The first-order valence-corrected chi connectivity index (χ1v) is 17.4. The number of para-hydroxylation sites is 1. The molecule has 4 aromatic carbocycles. The molecule has 0 unspecified atom stereocenters. The molecule has 8 heteroatoms. The first-order chi connectivity index (χ1) is 23.6. The number of carbonyl (C=O) groups excluding carboxylic acids is 2. The Labute approximate surface area is 282 Å². The number of nitrogens with zero attached hydrogens (tertiary/aromatic N) is 3. The van der Waals surface area contributed by atoms with Gasteiger partial charge in [-0.1, -0.05) is 91.0 Å². The van der Waals surface area contributed by atoms with Crippen LogP contribution >= 0.6 is 11.8 Å². The number of carbonyl (C=O) groups is 2. The van der Waals surface area contributed by atoms with Crippen molar-refractivity contribution in [2.75, 3.05) is 17.8 Å². The zero-order valence-corrected chi connectivity index (χ0v) is 27.2. The number of amides is 2. The molecule has 0 N–H and O–H groups in total. The van der Waals surface area contributed by atoms with E-state index in [0.717, 1.165) is 44.3 Å². The fraction of sp³-hybridized carbons (Fsp3) is 0.225. The molecule has 5 atom stereocenters. The summed E-state index contributed by atoms with van der Waals surface area (Å²) in [5.41, 5.74) is 6.31. The Morgan fingerprint density at radius 2 is 1.35 bits per heavy atom. The van der Waals surface area contributed by atoms with Gasteiger partial charge in [0.05, 0.1) is 35.7 Å². The van der Waals surface area contributed by atoms with E-state index in [9.17, 15) is 14.4 Å². The van der Waals surface area contributed by atoms with Gasteiger partial charge in [0, 0.05) is 41.9 Å². The number of aromatic nitrogens is 1. The van der Waals surface area contributed by atoms with Crippen molar-refractivity contribution in [2.24, 2.45) is 11.8 Å². The molecule has 10 rings (SSSR count). The van der Waals surface area contributed by atoms with E-state index >= 15 is 0 Å². The molecule has 4 aliphatic heterocycles. The molecule has 7 nitrogen and oxygen atoms in total. The van der Waals surface area contributed by atoms with Gasteiger partial charge in [-0.15, -0.1) is 11.8 Å². The Morgan fingerprint density at radius 1 is 0.708 bits per heavy atom. The van der Waals surface area contributed by atoms with Crippen molar-refractivity contribution in [3.05, 3.63) is 148 Å². The molecule has 5 aliphatic rings. The Hall–Kier alpha value is -4.92. The van der Waals surface area contributed by atoms with Crippen LogP contribution in [0.3, 0.4) is 0 Å². The van der Waals surface area contributed by atoms with Crippen molar-refractivity contribution < 1.29 is 14.3 Å². The number of hydrogen-bond acceptors (Lipinski definition) is 6. The summed E-state index contributed by atoms with van der Waals surface area (Å²) in [7, 11) is 1.65. The number of pyridine rings is 1. The van der Waals surface area contributed by atoms with Crippen molar-refractivity contribution in [1.29, 1.82) is 0 Å². The van der Waals surface area contributed by atoms with Gasteiger partial charge in [0.25, 0.3) is 5.56 Å². The average molecular weight is 652 g/mol. The Morgan fingerprint density at radius 3 is 2.04 bits per heavy atom. The van der Waals surface area contributed by atoms with E-state index in [0.29, 0.717) is 24.3 Å². The molecule has 2 fully saturated rings. The minimum Gasteiger partial charge on any atom is -0.497 e. The standard InChI is InChI=1S/C40H33N3O4S/c1-47-28-19-17-24(18-20-28)23-42-35(26-13-7-3-8-14-26)31-30-29(25-11-5-2-6-12-25)40-41(21-22-48-40)37(44)33(30)36(42)34-32(31)38(45)43(39(34)46)27-15-9-4-10-16-27/h2-20,31-32,34-36H,21-23H2,1H3/t31-,32+,34+,35-,36+/m0/s1. The van der Waals surface area contributed by atoms with Gasteiger partial charge in [-0.25, -0.2) is 4.90 Å². The monoisotopic (exact) mass is 651 g/mol. The molecule has 2 bridgehead atoms. The molecule has 1 aliphatic carbocycles. The van der Waals surface area contributed by atoms with E-state index in [1.807, 2.05) is 95.6 Å². The number of rotatable bonds is 6. The van der Waals surface area contributed by atoms with Gasteiger partial charge in [0.2, 0.25) is 11.8 Å². The highest BCUT2D eigenvalue weighted by Crippen LogP contribution is 2.65. The maximum atomic E-state index is 14.8. The molecule has 0 saturated carbocycles. The van der Waals surface area contributed by atoms with Crippen LogP contribution in [-0.4, -0.2) is 34.1 Å². The van der Waals surface area contributed by atoms with Crippen LogP contribution in [0, 0.1) is 11.8 Å². The van der Waals surface area contributed by atoms with Crippen LogP contribution in [0.2, 0.25) is 0 Å². The Balaban J connectivity index is 1.35. The van der Waals surface area contributed by atoms with E-state index in [2.05, 4.69) is 29.2 Å². The summed E-state index contributed by atoms with van der Waals surface area (Å²) in [6.45, 7) is 1.11. The maximum Gasteiger partial charge on any atom is 0.256 e. The molecule has 0 radical (unpaired) electrons. The van der Waals surface area contributed by atoms with Crippen molar-refractivity contribution >= 4 is 29.3 Å². The van der Waals surface area contributed by atoms with Crippen LogP contribution in [0.1, 0.15) is 40.3 Å². The van der Waals surface area contributed by atoms with Crippen LogP contribution < -0.4 is 15.2 Å². The van der Waals surface area contributed by atoms with Crippen molar-refractivity contribution in [1.82, 2.24) is 9.47 Å². The van der Waals surface area contributed by atoms with Crippen LogP contribution in [0.4, 0.5) is 5.69 Å². The van der Waals surface area contributed by atoms with E-state index in [4.69, 9.17) is 4.74 Å². The highest BCUT2D eigenvalue weighted by molar-refractivity contribution is 7.99. The summed E-state index contributed by atoms with van der Waals surface area (Å²) in [6.07, 6.45) is 0. The fourth-order valence-electron chi connectivity index (χ4n) is 8.75. The molecular formula is C40H33N3O4S. The van der Waals surface area contributed by atoms with E-state index in [1.54, 1.807) is 18.9 Å². The summed E-state index contributed by atoms with van der Waals surface area (Å²) < 4.78 is 7.37. The van der Waals surface area contributed by atoms with Gasteiger partial charge >= 0.3 is 0 Å². The molecule has 238 valence electrons. The first kappa shape index (κ1) is 29.2. The predicted octanol–water partition coefficient (Wildman–Crippen LogP) is 6.83. The third-order valence-corrected chi connectivity index (χ3v) is 11.7. The number of imide groups is 1. The molecule has 1 aromatic heterocycles. The lowest BCUT2D eigenvalue weighted by Crippen LogP contribution is -2.56. The number of piperidine rings is 1. The van der Waals surface area contributed by atoms with Crippen LogP contribution in [0.15, 0.2) is 125 Å². The van der Waals surface area contributed by atoms with Gasteiger partial charge in [0.15, 0.2) is 0 Å². The third kappa shape index (κ3) is 4.22. The van der Waals surface area contributed by atoms with Gasteiger partial charge < -0.3 is 9.30 Å². The van der Waals surface area contributed by atoms with Gasteiger partial charge in [-0.05, 0) is 46.5 Å². The lowest BCUT2D eigenvalue weighted by Gasteiger charge is -2.56. The van der Waals surface area contributed by atoms with Gasteiger partial charge in [-0.3, -0.25) is 19.3 Å². The first-order valence-electron chi connectivity index (χ1n) is 16.4. The van der Waals surface area contributed by atoms with Crippen LogP contribution in [0.5, 0.6) is 5.75 Å². The number of anilines is 1. The van der Waals surface area contributed by atoms with Crippen molar-refractivity contribution in [3.8, 4) is 16.9 Å².